The summed E-state index contributed by atoms with van der Waals surface area (Å²) in [5.74, 6) is 0.795. The van der Waals surface area contributed by atoms with Gasteiger partial charge in [-0.15, -0.1) is 0 Å². The van der Waals surface area contributed by atoms with E-state index in [9.17, 15) is 5.11 Å². The van der Waals surface area contributed by atoms with Gasteiger partial charge < -0.3 is 10.2 Å². The van der Waals surface area contributed by atoms with Crippen LogP contribution < -0.4 is 0 Å². The van der Waals surface area contributed by atoms with Gasteiger partial charge >= 0.3 is 0 Å². The van der Waals surface area contributed by atoms with Crippen molar-refractivity contribution in [3.63, 3.8) is 0 Å². The normalized spacial score (nSPS) is 12.4. The summed E-state index contributed by atoms with van der Waals surface area (Å²) in [6, 6.07) is 11.5. The van der Waals surface area contributed by atoms with E-state index in [-0.39, 0.29) is 16.2 Å². The zero-order chi connectivity index (χ0) is 21.2. The molecule has 0 saturated heterocycles. The Kier molecular flexibility index (Phi) is 6.80. The molecule has 2 aromatic carbocycles. The molecule has 0 aromatic heterocycles. The third kappa shape index (κ3) is 6.61. The molecule has 150 valence electrons. The summed E-state index contributed by atoms with van der Waals surface area (Å²) in [4.78, 5) is 0. The Morgan fingerprint density at radius 1 is 0.593 bits per heavy atom. The minimum atomic E-state index is -0.0178. The number of hydrogen-bond donors (Lipinski definition) is 2. The molecule has 0 unspecified atom stereocenters. The van der Waals surface area contributed by atoms with Gasteiger partial charge in [0.25, 0.3) is 0 Å². The first-order valence-electron chi connectivity index (χ1n) is 9.67. The average Bonchev–Trinajstić information content (AvgIpc) is 2.47. The van der Waals surface area contributed by atoms with E-state index in [1.807, 2.05) is 12.1 Å². The molecule has 2 rings (SSSR count). The molecule has 2 heteroatoms. The lowest BCUT2D eigenvalue weighted by atomic mass is 9.78. The second-order valence-corrected chi connectivity index (χ2v) is 10.5. The van der Waals surface area contributed by atoms with Crippen molar-refractivity contribution in [2.45, 2.75) is 85.5 Å². The molecule has 0 saturated carbocycles. The first-order valence-corrected chi connectivity index (χ1v) is 9.67. The van der Waals surface area contributed by atoms with E-state index in [1.165, 1.54) is 11.1 Å². The minimum absolute atomic E-state index is 0.0178. The predicted molar refractivity (Wildman–Crippen MR) is 117 cm³/mol. The van der Waals surface area contributed by atoms with E-state index in [2.05, 4.69) is 81.4 Å². The highest BCUT2D eigenvalue weighted by atomic mass is 16.3. The fourth-order valence-electron chi connectivity index (χ4n) is 2.88. The van der Waals surface area contributed by atoms with Crippen LogP contribution in [0, 0.1) is 6.92 Å². The van der Waals surface area contributed by atoms with Crippen molar-refractivity contribution in [3.8, 4) is 11.5 Å². The molecule has 27 heavy (non-hydrogen) atoms. The standard InChI is InChI=1S/C15H24O.C10H14O/c1-10-8-11(14(2,3)4)13(16)12(9-10)15(5,6)7;1-10(2,3)8-4-6-9(11)7-5-8/h8-9,16H,1-7H3;4-7,11H,1-3H3. The molecule has 0 atom stereocenters. The smallest absolute Gasteiger partial charge is 0.123 e. The van der Waals surface area contributed by atoms with E-state index in [4.69, 9.17) is 5.11 Å². The number of aryl methyl sites for hydroxylation is 1. The van der Waals surface area contributed by atoms with Crippen molar-refractivity contribution in [1.82, 2.24) is 0 Å². The summed E-state index contributed by atoms with van der Waals surface area (Å²) in [7, 11) is 0. The quantitative estimate of drug-likeness (QED) is 0.525. The summed E-state index contributed by atoms with van der Waals surface area (Å²) in [5.41, 5.74) is 4.68. The molecular weight excluding hydrogens is 332 g/mol. The van der Waals surface area contributed by atoms with Gasteiger partial charge in [0.2, 0.25) is 0 Å². The second kappa shape index (κ2) is 7.96. The maximum atomic E-state index is 10.4. The molecule has 0 aliphatic carbocycles. The monoisotopic (exact) mass is 370 g/mol. The van der Waals surface area contributed by atoms with Gasteiger partial charge in [0.15, 0.2) is 0 Å². The lowest BCUT2D eigenvalue weighted by Crippen LogP contribution is -2.17. The highest BCUT2D eigenvalue weighted by Gasteiger charge is 2.25. The van der Waals surface area contributed by atoms with Crippen molar-refractivity contribution >= 4 is 0 Å². The lowest BCUT2D eigenvalue weighted by molar-refractivity contribution is 0.423. The van der Waals surface area contributed by atoms with Gasteiger partial charge in [-0.2, -0.15) is 0 Å². The molecule has 0 aliphatic heterocycles. The summed E-state index contributed by atoms with van der Waals surface area (Å²) < 4.78 is 0. The minimum Gasteiger partial charge on any atom is -0.508 e. The molecule has 0 amide bonds. The van der Waals surface area contributed by atoms with Crippen molar-refractivity contribution in [2.24, 2.45) is 0 Å². The molecule has 0 aliphatic rings. The number of phenolic OH excluding ortho intramolecular Hbond substituents is 2. The number of benzene rings is 2. The summed E-state index contributed by atoms with van der Waals surface area (Å²) in [6.45, 7) is 21.3. The molecule has 0 fully saturated rings. The highest BCUT2D eigenvalue weighted by Crippen LogP contribution is 2.39. The topological polar surface area (TPSA) is 40.5 Å². The van der Waals surface area contributed by atoms with Gasteiger partial charge in [-0.25, -0.2) is 0 Å². The summed E-state index contributed by atoms with van der Waals surface area (Å²) in [5, 5.41) is 19.4. The Morgan fingerprint density at radius 3 is 1.26 bits per heavy atom. The maximum Gasteiger partial charge on any atom is 0.123 e. The molecule has 0 bridgehead atoms. The molecule has 0 heterocycles. The molecule has 0 radical (unpaired) electrons. The summed E-state index contributed by atoms with van der Waals surface area (Å²) >= 11 is 0. The van der Waals surface area contributed by atoms with Gasteiger partial charge in [-0.3, -0.25) is 0 Å². The third-order valence-electron chi connectivity index (χ3n) is 4.60. The van der Waals surface area contributed by atoms with Gasteiger partial charge in [0.05, 0.1) is 0 Å². The summed E-state index contributed by atoms with van der Waals surface area (Å²) in [6.07, 6.45) is 0. The third-order valence-corrected chi connectivity index (χ3v) is 4.60. The van der Waals surface area contributed by atoms with Gasteiger partial charge in [-0.1, -0.05) is 92.1 Å². The number of aromatic hydroxyl groups is 2. The van der Waals surface area contributed by atoms with E-state index in [1.54, 1.807) is 12.1 Å². The zero-order valence-corrected chi connectivity index (χ0v) is 18.9. The number of rotatable bonds is 0. The van der Waals surface area contributed by atoms with Crippen LogP contribution in [-0.4, -0.2) is 10.2 Å². The van der Waals surface area contributed by atoms with Gasteiger partial charge in [-0.05, 0) is 52.0 Å². The predicted octanol–water partition coefficient (Wildman–Crippen LogP) is 6.99. The van der Waals surface area contributed by atoms with E-state index < -0.39 is 0 Å². The Bertz CT molecular complexity index is 714. The van der Waals surface area contributed by atoms with Crippen LogP contribution in [-0.2, 0) is 16.2 Å². The van der Waals surface area contributed by atoms with Gasteiger partial charge in [0.1, 0.15) is 11.5 Å². The molecule has 0 spiro atoms. The zero-order valence-electron chi connectivity index (χ0n) is 18.9. The molecular formula is C25H38O2. The second-order valence-electron chi connectivity index (χ2n) is 10.5. The van der Waals surface area contributed by atoms with Crippen LogP contribution in [0.5, 0.6) is 11.5 Å². The van der Waals surface area contributed by atoms with E-state index in [0.717, 1.165) is 11.1 Å². The van der Waals surface area contributed by atoms with E-state index >= 15 is 0 Å². The van der Waals surface area contributed by atoms with Crippen molar-refractivity contribution in [3.05, 3.63) is 58.7 Å². The highest BCUT2D eigenvalue weighted by molar-refractivity contribution is 5.49. The molecule has 2 aromatic rings. The van der Waals surface area contributed by atoms with Crippen molar-refractivity contribution in [1.29, 1.82) is 0 Å². The van der Waals surface area contributed by atoms with Crippen molar-refractivity contribution < 1.29 is 10.2 Å². The van der Waals surface area contributed by atoms with Crippen LogP contribution in [0.15, 0.2) is 36.4 Å². The Morgan fingerprint density at radius 2 is 0.963 bits per heavy atom. The van der Waals surface area contributed by atoms with Crippen molar-refractivity contribution in [2.75, 3.05) is 0 Å². The van der Waals surface area contributed by atoms with Crippen LogP contribution in [0.1, 0.15) is 84.6 Å². The SMILES string of the molecule is CC(C)(C)c1ccc(O)cc1.Cc1cc(C(C)(C)C)c(O)c(C(C)(C)C)c1. The first kappa shape index (κ1) is 23.1. The van der Waals surface area contributed by atoms with Crippen LogP contribution in [0.2, 0.25) is 0 Å². The molecule has 2 nitrogen and oxygen atoms in total. The fraction of sp³-hybridized carbons (Fsp3) is 0.520. The van der Waals surface area contributed by atoms with Crippen LogP contribution >= 0.6 is 0 Å². The molecule has 2 N–H and O–H groups in total. The average molecular weight is 371 g/mol. The number of hydrogen-bond acceptors (Lipinski definition) is 2. The lowest BCUT2D eigenvalue weighted by Gasteiger charge is -2.27. The van der Waals surface area contributed by atoms with Crippen LogP contribution in [0.4, 0.5) is 0 Å². The Labute approximate surface area is 166 Å². The largest absolute Gasteiger partial charge is 0.508 e. The Hall–Kier alpha value is -1.96. The van der Waals surface area contributed by atoms with Crippen LogP contribution in [0.3, 0.4) is 0 Å². The fourth-order valence-corrected chi connectivity index (χ4v) is 2.88. The van der Waals surface area contributed by atoms with E-state index in [0.29, 0.717) is 11.5 Å². The first-order chi connectivity index (χ1) is 12.0. The van der Waals surface area contributed by atoms with Gasteiger partial charge in [0, 0.05) is 0 Å². The maximum absolute atomic E-state index is 10.4. The number of phenols is 2. The van der Waals surface area contributed by atoms with Crippen LogP contribution in [0.25, 0.3) is 0 Å². The Balaban J connectivity index is 0.000000289.